The van der Waals surface area contributed by atoms with Crippen LogP contribution in [0, 0.1) is 10.1 Å². The Balaban J connectivity index is 3.09. The zero-order valence-corrected chi connectivity index (χ0v) is 11.3. The number of nitro benzene ring substituents is 1. The van der Waals surface area contributed by atoms with E-state index in [1.807, 2.05) is 0 Å². The largest absolute Gasteiger partial charge is 0.406 e. The Hall–Kier alpha value is -2.09. The van der Waals surface area contributed by atoms with E-state index >= 15 is 0 Å². The Kier molecular flexibility index (Phi) is 5.31. The Bertz CT molecular complexity index is 575. The van der Waals surface area contributed by atoms with Gasteiger partial charge >= 0.3 is 6.18 Å². The zero-order valence-electron chi connectivity index (χ0n) is 10.6. The topological polar surface area (TPSA) is 63.5 Å². The van der Waals surface area contributed by atoms with Gasteiger partial charge in [0, 0.05) is 18.7 Å². The molecule has 0 saturated heterocycles. The summed E-state index contributed by atoms with van der Waals surface area (Å²) in [7, 11) is 0. The Morgan fingerprint density at radius 2 is 2.10 bits per heavy atom. The average molecular weight is 323 g/mol. The number of halogens is 4. The molecular formula is C12H10ClF3N2O3. The van der Waals surface area contributed by atoms with Crippen molar-refractivity contribution in [3.8, 4) is 0 Å². The summed E-state index contributed by atoms with van der Waals surface area (Å²) < 4.78 is 37.3. The van der Waals surface area contributed by atoms with Gasteiger partial charge in [-0.2, -0.15) is 13.2 Å². The lowest BCUT2D eigenvalue weighted by molar-refractivity contribution is -0.384. The highest BCUT2D eigenvalue weighted by Gasteiger charge is 2.33. The molecule has 0 radical (unpaired) electrons. The van der Waals surface area contributed by atoms with E-state index in [-0.39, 0.29) is 22.8 Å². The van der Waals surface area contributed by atoms with E-state index in [9.17, 15) is 28.1 Å². The van der Waals surface area contributed by atoms with Crippen molar-refractivity contribution in [1.82, 2.24) is 4.90 Å². The van der Waals surface area contributed by atoms with Crippen molar-refractivity contribution in [3.05, 3.63) is 51.6 Å². The lowest BCUT2D eigenvalue weighted by Gasteiger charge is -2.22. The van der Waals surface area contributed by atoms with E-state index in [1.165, 1.54) is 0 Å². The first kappa shape index (κ1) is 17.0. The number of benzene rings is 1. The van der Waals surface area contributed by atoms with Gasteiger partial charge in [0.25, 0.3) is 11.6 Å². The molecule has 21 heavy (non-hydrogen) atoms. The van der Waals surface area contributed by atoms with Gasteiger partial charge in [-0.15, -0.1) is 6.58 Å². The standard InChI is InChI=1S/C12H10ClF3N2O3/c1-2-5-17(7-12(14,15)16)11(19)9-4-3-8(18(20)21)6-10(9)13/h2-4,6H,1,5,7H2. The van der Waals surface area contributed by atoms with Crippen LogP contribution in [-0.4, -0.2) is 35.0 Å². The molecule has 0 fully saturated rings. The molecule has 1 rings (SSSR count). The molecule has 5 nitrogen and oxygen atoms in total. The molecule has 0 atom stereocenters. The van der Waals surface area contributed by atoms with Gasteiger partial charge in [-0.05, 0) is 6.07 Å². The summed E-state index contributed by atoms with van der Waals surface area (Å²) in [5.41, 5.74) is -0.601. The molecule has 1 amide bonds. The third-order valence-electron chi connectivity index (χ3n) is 2.40. The number of hydrogen-bond acceptors (Lipinski definition) is 3. The maximum atomic E-state index is 12.4. The van der Waals surface area contributed by atoms with Gasteiger partial charge in [-0.3, -0.25) is 14.9 Å². The smallest absolute Gasteiger partial charge is 0.326 e. The molecule has 0 heterocycles. The van der Waals surface area contributed by atoms with Crippen LogP contribution < -0.4 is 0 Å². The second-order valence-corrected chi connectivity index (χ2v) is 4.42. The number of carbonyl (C=O) groups is 1. The molecule has 1 aromatic carbocycles. The Labute approximate surface area is 122 Å². The van der Waals surface area contributed by atoms with Crippen molar-refractivity contribution < 1.29 is 22.9 Å². The second-order valence-electron chi connectivity index (χ2n) is 4.01. The highest BCUT2D eigenvalue weighted by molar-refractivity contribution is 6.34. The maximum Gasteiger partial charge on any atom is 0.406 e. The summed E-state index contributed by atoms with van der Waals surface area (Å²) in [4.78, 5) is 22.4. The summed E-state index contributed by atoms with van der Waals surface area (Å²) in [5, 5.41) is 10.3. The molecule has 0 spiro atoms. The normalized spacial score (nSPS) is 11.0. The molecule has 9 heteroatoms. The SMILES string of the molecule is C=CCN(CC(F)(F)F)C(=O)c1ccc([N+](=O)[O-])cc1Cl. The molecule has 114 valence electrons. The van der Waals surface area contributed by atoms with Crippen LogP contribution in [0.2, 0.25) is 5.02 Å². The third kappa shape index (κ3) is 4.75. The van der Waals surface area contributed by atoms with E-state index in [1.54, 1.807) is 0 Å². The molecule has 1 aromatic rings. The molecule has 0 aromatic heterocycles. The van der Waals surface area contributed by atoms with Crippen LogP contribution in [0.3, 0.4) is 0 Å². The summed E-state index contributed by atoms with van der Waals surface area (Å²) in [6, 6.07) is 2.93. The van der Waals surface area contributed by atoms with Crippen molar-refractivity contribution in [2.75, 3.05) is 13.1 Å². The second kappa shape index (κ2) is 6.57. The van der Waals surface area contributed by atoms with Crippen LogP contribution in [-0.2, 0) is 0 Å². The van der Waals surface area contributed by atoms with E-state index in [4.69, 9.17) is 11.6 Å². The number of nitro groups is 1. The predicted octanol–water partition coefficient (Wildman–Crippen LogP) is 3.44. The van der Waals surface area contributed by atoms with Gasteiger partial charge in [0.1, 0.15) is 6.54 Å². The van der Waals surface area contributed by atoms with Gasteiger partial charge in [-0.1, -0.05) is 17.7 Å². The number of hydrogen-bond donors (Lipinski definition) is 0. The van der Waals surface area contributed by atoms with Crippen LogP contribution in [0.25, 0.3) is 0 Å². The molecule has 0 unspecified atom stereocenters. The van der Waals surface area contributed by atoms with Crippen LogP contribution in [0.4, 0.5) is 18.9 Å². The first-order chi connectivity index (χ1) is 9.65. The van der Waals surface area contributed by atoms with Crippen molar-refractivity contribution in [2.45, 2.75) is 6.18 Å². The van der Waals surface area contributed by atoms with E-state index in [0.29, 0.717) is 4.90 Å². The maximum absolute atomic E-state index is 12.4. The molecular weight excluding hydrogens is 313 g/mol. The van der Waals surface area contributed by atoms with Crippen LogP contribution in [0.1, 0.15) is 10.4 Å². The fourth-order valence-electron chi connectivity index (χ4n) is 1.55. The molecule has 0 aliphatic heterocycles. The van der Waals surface area contributed by atoms with Crippen LogP contribution in [0.5, 0.6) is 0 Å². The van der Waals surface area contributed by atoms with Crippen molar-refractivity contribution in [3.63, 3.8) is 0 Å². The van der Waals surface area contributed by atoms with Crippen molar-refractivity contribution in [1.29, 1.82) is 0 Å². The summed E-state index contributed by atoms with van der Waals surface area (Å²) in [5.74, 6) is -0.980. The number of amides is 1. The van der Waals surface area contributed by atoms with Crippen molar-refractivity contribution >= 4 is 23.2 Å². The van der Waals surface area contributed by atoms with Gasteiger partial charge in [0.05, 0.1) is 15.5 Å². The van der Waals surface area contributed by atoms with E-state index in [0.717, 1.165) is 24.3 Å². The Morgan fingerprint density at radius 1 is 1.48 bits per heavy atom. The highest BCUT2D eigenvalue weighted by atomic mass is 35.5. The fourth-order valence-corrected chi connectivity index (χ4v) is 1.81. The number of non-ortho nitro benzene ring substituents is 1. The van der Waals surface area contributed by atoms with Gasteiger partial charge in [0.2, 0.25) is 0 Å². The minimum Gasteiger partial charge on any atom is -0.326 e. The molecule has 0 N–H and O–H groups in total. The van der Waals surface area contributed by atoms with Gasteiger partial charge < -0.3 is 4.90 Å². The van der Waals surface area contributed by atoms with Crippen LogP contribution in [0.15, 0.2) is 30.9 Å². The Morgan fingerprint density at radius 3 is 2.52 bits per heavy atom. The first-order valence-corrected chi connectivity index (χ1v) is 5.94. The van der Waals surface area contributed by atoms with Gasteiger partial charge in [0.15, 0.2) is 0 Å². The molecule has 0 saturated carbocycles. The number of nitrogens with zero attached hydrogens (tertiary/aromatic N) is 2. The minimum atomic E-state index is -4.58. The van der Waals surface area contributed by atoms with Crippen LogP contribution >= 0.6 is 11.6 Å². The lowest BCUT2D eigenvalue weighted by atomic mass is 10.1. The number of alkyl halides is 3. The summed E-state index contributed by atoms with van der Waals surface area (Å²) in [6.45, 7) is 1.49. The molecule has 0 bridgehead atoms. The van der Waals surface area contributed by atoms with E-state index < -0.39 is 23.6 Å². The summed E-state index contributed by atoms with van der Waals surface area (Å²) >= 11 is 5.72. The zero-order chi connectivity index (χ0) is 16.2. The number of rotatable bonds is 5. The number of carbonyl (C=O) groups excluding carboxylic acids is 1. The molecule has 0 aliphatic carbocycles. The monoisotopic (exact) mass is 322 g/mol. The minimum absolute atomic E-state index is 0.242. The third-order valence-corrected chi connectivity index (χ3v) is 2.71. The molecule has 0 aliphatic rings. The highest BCUT2D eigenvalue weighted by Crippen LogP contribution is 2.25. The van der Waals surface area contributed by atoms with Gasteiger partial charge in [-0.25, -0.2) is 0 Å². The lowest BCUT2D eigenvalue weighted by Crippen LogP contribution is -2.39. The average Bonchev–Trinajstić information content (AvgIpc) is 2.35. The van der Waals surface area contributed by atoms with Crippen molar-refractivity contribution in [2.24, 2.45) is 0 Å². The quantitative estimate of drug-likeness (QED) is 0.474. The summed E-state index contributed by atoms with van der Waals surface area (Å²) in [6.07, 6.45) is -3.44. The van der Waals surface area contributed by atoms with E-state index in [2.05, 4.69) is 6.58 Å². The fraction of sp³-hybridized carbons (Fsp3) is 0.250. The predicted molar refractivity (Wildman–Crippen MR) is 70.3 cm³/mol. The first-order valence-electron chi connectivity index (χ1n) is 5.56.